The number of fused-ring (bicyclic) bond motifs is 3. The van der Waals surface area contributed by atoms with E-state index >= 15 is 0 Å². The SMILES string of the molecule is CCOC(=O)C(NC(=O)OCC1c2ccccc2-c2ccccc21)C(=O)NC(C)(C)CC(=O)O. The molecule has 0 saturated heterocycles. The number of carbonyl (C=O) groups excluding carboxylic acids is 3. The smallest absolute Gasteiger partial charge is 0.408 e. The molecule has 0 bridgehead atoms. The summed E-state index contributed by atoms with van der Waals surface area (Å²) in [5, 5.41) is 13.7. The number of carbonyl (C=O) groups is 4. The molecule has 1 aliphatic carbocycles. The van der Waals surface area contributed by atoms with Gasteiger partial charge in [-0.15, -0.1) is 0 Å². The van der Waals surface area contributed by atoms with E-state index in [2.05, 4.69) is 10.6 Å². The van der Waals surface area contributed by atoms with Crippen LogP contribution in [0.5, 0.6) is 0 Å². The minimum absolute atomic E-state index is 0.00152. The van der Waals surface area contributed by atoms with Gasteiger partial charge in [-0.1, -0.05) is 48.5 Å². The van der Waals surface area contributed by atoms with Crippen LogP contribution in [0.2, 0.25) is 0 Å². The number of carboxylic acid groups (broad SMARTS) is 1. The van der Waals surface area contributed by atoms with Crippen LogP contribution < -0.4 is 10.6 Å². The summed E-state index contributed by atoms with van der Waals surface area (Å²) < 4.78 is 10.3. The van der Waals surface area contributed by atoms with Gasteiger partial charge in [-0.05, 0) is 43.0 Å². The fourth-order valence-corrected chi connectivity index (χ4v) is 4.04. The molecule has 2 amide bonds. The van der Waals surface area contributed by atoms with Crippen molar-refractivity contribution in [1.82, 2.24) is 10.6 Å². The minimum atomic E-state index is -1.69. The molecule has 180 valence electrons. The lowest BCUT2D eigenvalue weighted by Crippen LogP contribution is -2.57. The topological polar surface area (TPSA) is 131 Å². The van der Waals surface area contributed by atoms with Crippen molar-refractivity contribution in [3.05, 3.63) is 59.7 Å². The summed E-state index contributed by atoms with van der Waals surface area (Å²) in [7, 11) is 0. The molecular weight excluding hydrogens is 440 g/mol. The molecule has 0 aromatic heterocycles. The maximum Gasteiger partial charge on any atom is 0.408 e. The van der Waals surface area contributed by atoms with Crippen molar-refractivity contribution in [3.63, 3.8) is 0 Å². The molecule has 3 N–H and O–H groups in total. The lowest BCUT2D eigenvalue weighted by molar-refractivity contribution is -0.149. The van der Waals surface area contributed by atoms with Gasteiger partial charge in [-0.3, -0.25) is 14.9 Å². The molecule has 1 unspecified atom stereocenters. The van der Waals surface area contributed by atoms with E-state index in [0.29, 0.717) is 0 Å². The summed E-state index contributed by atoms with van der Waals surface area (Å²) in [6.45, 7) is 4.55. The van der Waals surface area contributed by atoms with Gasteiger partial charge >= 0.3 is 18.0 Å². The minimum Gasteiger partial charge on any atom is -0.481 e. The summed E-state index contributed by atoms with van der Waals surface area (Å²) in [4.78, 5) is 48.7. The van der Waals surface area contributed by atoms with Crippen LogP contribution in [-0.2, 0) is 23.9 Å². The molecule has 0 saturated carbocycles. The van der Waals surface area contributed by atoms with Crippen LogP contribution in [0, 0.1) is 0 Å². The van der Waals surface area contributed by atoms with Crippen LogP contribution in [0.25, 0.3) is 11.1 Å². The highest BCUT2D eigenvalue weighted by Gasteiger charge is 2.35. The van der Waals surface area contributed by atoms with Gasteiger partial charge < -0.3 is 19.9 Å². The molecule has 3 rings (SSSR count). The zero-order chi connectivity index (χ0) is 24.9. The Labute approximate surface area is 197 Å². The van der Waals surface area contributed by atoms with Crippen LogP contribution in [0.1, 0.15) is 44.2 Å². The van der Waals surface area contributed by atoms with Gasteiger partial charge in [0.25, 0.3) is 5.91 Å². The van der Waals surface area contributed by atoms with Crippen molar-refractivity contribution >= 4 is 23.9 Å². The second-order valence-electron chi connectivity index (χ2n) is 8.60. The number of aliphatic carboxylic acids is 1. The molecule has 0 radical (unpaired) electrons. The molecule has 9 nitrogen and oxygen atoms in total. The molecule has 2 aromatic rings. The fraction of sp³-hybridized carbons (Fsp3) is 0.360. The normalized spacial score (nSPS) is 13.3. The quantitative estimate of drug-likeness (QED) is 0.381. The van der Waals surface area contributed by atoms with E-state index in [1.165, 1.54) is 13.8 Å². The Morgan fingerprint density at radius 3 is 2.06 bits per heavy atom. The lowest BCUT2D eigenvalue weighted by atomic mass is 9.98. The summed E-state index contributed by atoms with van der Waals surface area (Å²) in [6, 6.07) is 14.0. The second kappa shape index (κ2) is 10.4. The lowest BCUT2D eigenvalue weighted by Gasteiger charge is -2.27. The number of benzene rings is 2. The maximum atomic E-state index is 12.7. The highest BCUT2D eigenvalue weighted by molar-refractivity contribution is 6.04. The number of amides is 2. The Balaban J connectivity index is 1.70. The van der Waals surface area contributed by atoms with Gasteiger partial charge in [0.05, 0.1) is 13.0 Å². The standard InChI is InChI=1S/C25H28N2O7/c1-4-33-23(31)21(22(30)27-25(2,3)13-20(28)29)26-24(32)34-14-19-17-11-7-5-9-15(17)16-10-6-8-12-18(16)19/h5-12,19,21H,4,13-14H2,1-3H3,(H,26,32)(H,27,30)(H,28,29). The van der Waals surface area contributed by atoms with Gasteiger partial charge in [-0.25, -0.2) is 9.59 Å². The summed E-state index contributed by atoms with van der Waals surface area (Å²) >= 11 is 0. The van der Waals surface area contributed by atoms with Crippen LogP contribution in [0.4, 0.5) is 4.79 Å². The number of rotatable bonds is 9. The molecule has 34 heavy (non-hydrogen) atoms. The Morgan fingerprint density at radius 2 is 1.53 bits per heavy atom. The molecular formula is C25H28N2O7. The molecule has 0 spiro atoms. The molecule has 2 aromatic carbocycles. The molecule has 9 heteroatoms. The number of esters is 1. The number of hydrogen-bond donors (Lipinski definition) is 3. The fourth-order valence-electron chi connectivity index (χ4n) is 4.04. The van der Waals surface area contributed by atoms with E-state index in [-0.39, 0.29) is 25.6 Å². The average molecular weight is 469 g/mol. The van der Waals surface area contributed by atoms with E-state index < -0.39 is 35.5 Å². The highest BCUT2D eigenvalue weighted by atomic mass is 16.6. The van der Waals surface area contributed by atoms with E-state index in [1.54, 1.807) is 6.92 Å². The Morgan fingerprint density at radius 1 is 0.971 bits per heavy atom. The first-order valence-corrected chi connectivity index (χ1v) is 10.9. The molecule has 1 atom stereocenters. The Kier molecular flexibility index (Phi) is 7.55. The van der Waals surface area contributed by atoms with Gasteiger partial charge in [0.2, 0.25) is 6.04 Å². The zero-order valence-electron chi connectivity index (χ0n) is 19.3. The number of ether oxygens (including phenoxy) is 2. The Hall–Kier alpha value is -3.88. The van der Waals surface area contributed by atoms with Crippen LogP contribution in [-0.4, -0.2) is 53.8 Å². The second-order valence-corrected chi connectivity index (χ2v) is 8.60. The maximum absolute atomic E-state index is 12.7. The van der Waals surface area contributed by atoms with Crippen LogP contribution in [0.3, 0.4) is 0 Å². The van der Waals surface area contributed by atoms with Crippen LogP contribution in [0.15, 0.2) is 48.5 Å². The van der Waals surface area contributed by atoms with Crippen molar-refractivity contribution in [2.24, 2.45) is 0 Å². The Bertz CT molecular complexity index is 1050. The first kappa shape index (κ1) is 24.8. The zero-order valence-corrected chi connectivity index (χ0v) is 19.3. The third kappa shape index (κ3) is 5.72. The van der Waals surface area contributed by atoms with Crippen molar-refractivity contribution < 1.29 is 33.8 Å². The number of nitrogens with one attached hydrogen (secondary N) is 2. The molecule has 0 fully saturated rings. The summed E-state index contributed by atoms with van der Waals surface area (Å²) in [5.74, 6) is -3.18. The highest BCUT2D eigenvalue weighted by Crippen LogP contribution is 2.44. The van der Waals surface area contributed by atoms with Crippen molar-refractivity contribution in [2.75, 3.05) is 13.2 Å². The van der Waals surface area contributed by atoms with Crippen molar-refractivity contribution in [3.8, 4) is 11.1 Å². The predicted molar refractivity (Wildman–Crippen MR) is 123 cm³/mol. The van der Waals surface area contributed by atoms with E-state index in [0.717, 1.165) is 22.3 Å². The van der Waals surface area contributed by atoms with Crippen molar-refractivity contribution in [2.45, 2.75) is 44.7 Å². The van der Waals surface area contributed by atoms with E-state index in [1.807, 2.05) is 48.5 Å². The third-order valence-electron chi connectivity index (χ3n) is 5.45. The first-order valence-electron chi connectivity index (χ1n) is 10.9. The number of carboxylic acids is 1. The third-order valence-corrected chi connectivity index (χ3v) is 5.45. The number of alkyl carbamates (subject to hydrolysis) is 1. The molecule has 0 heterocycles. The molecule has 0 aliphatic heterocycles. The number of hydrogen-bond acceptors (Lipinski definition) is 6. The largest absolute Gasteiger partial charge is 0.481 e. The average Bonchev–Trinajstić information content (AvgIpc) is 3.08. The van der Waals surface area contributed by atoms with Gasteiger partial charge in [0.1, 0.15) is 6.61 Å². The van der Waals surface area contributed by atoms with Crippen molar-refractivity contribution in [1.29, 1.82) is 0 Å². The summed E-state index contributed by atoms with van der Waals surface area (Å²) in [5.41, 5.74) is 3.02. The van der Waals surface area contributed by atoms with Crippen LogP contribution >= 0.6 is 0 Å². The van der Waals surface area contributed by atoms with E-state index in [4.69, 9.17) is 14.6 Å². The molecule has 1 aliphatic rings. The van der Waals surface area contributed by atoms with E-state index in [9.17, 15) is 19.2 Å². The van der Waals surface area contributed by atoms with Gasteiger partial charge in [0.15, 0.2) is 0 Å². The predicted octanol–water partition coefficient (Wildman–Crippen LogP) is 2.83. The summed E-state index contributed by atoms with van der Waals surface area (Å²) in [6.07, 6.45) is -1.34. The first-order chi connectivity index (χ1) is 16.1. The van der Waals surface area contributed by atoms with Gasteiger partial charge in [-0.2, -0.15) is 0 Å². The monoisotopic (exact) mass is 468 g/mol. The van der Waals surface area contributed by atoms with Gasteiger partial charge in [0, 0.05) is 11.5 Å².